The molecule has 0 aliphatic carbocycles. The van der Waals surface area contributed by atoms with Crippen molar-refractivity contribution in [3.63, 3.8) is 0 Å². The van der Waals surface area contributed by atoms with Crippen molar-refractivity contribution >= 4 is 5.91 Å². The first kappa shape index (κ1) is 17.3. The van der Waals surface area contributed by atoms with E-state index in [1.54, 1.807) is 6.20 Å². The molecule has 1 aliphatic heterocycles. The van der Waals surface area contributed by atoms with E-state index in [2.05, 4.69) is 10.3 Å². The summed E-state index contributed by atoms with van der Waals surface area (Å²) >= 11 is 0. The molecule has 1 aliphatic rings. The number of rotatable bonds is 7. The highest BCUT2D eigenvalue weighted by atomic mass is 16.5. The van der Waals surface area contributed by atoms with Crippen molar-refractivity contribution in [1.29, 1.82) is 0 Å². The maximum atomic E-state index is 12.4. The molecule has 3 aromatic rings. The summed E-state index contributed by atoms with van der Waals surface area (Å²) in [4.78, 5) is 14.2. The molecule has 2 aromatic carbocycles. The molecular weight excluding hydrogens is 340 g/mol. The summed E-state index contributed by atoms with van der Waals surface area (Å²) in [5.74, 6) is 1.01. The van der Waals surface area contributed by atoms with Crippen LogP contribution in [0.3, 0.4) is 0 Å². The quantitative estimate of drug-likeness (QED) is 0.648. The molecule has 1 saturated heterocycles. The molecule has 0 saturated carbocycles. The van der Waals surface area contributed by atoms with Gasteiger partial charge in [0, 0.05) is 25.7 Å². The fourth-order valence-corrected chi connectivity index (χ4v) is 3.18. The van der Waals surface area contributed by atoms with Crippen LogP contribution in [0.25, 0.3) is 0 Å². The molecule has 1 fully saturated rings. The molecule has 1 amide bonds. The first-order chi connectivity index (χ1) is 13.3. The Bertz CT molecular complexity index is 874. The number of hydrogen-bond acceptors (Lipinski definition) is 4. The largest absolute Gasteiger partial charge is 0.489 e. The van der Waals surface area contributed by atoms with Gasteiger partial charge in [-0.15, -0.1) is 5.10 Å². The highest BCUT2D eigenvalue weighted by molar-refractivity contribution is 5.77. The molecule has 138 valence electrons. The molecule has 0 bridgehead atoms. The van der Waals surface area contributed by atoms with Crippen LogP contribution < -0.4 is 4.74 Å². The molecule has 0 atom stereocenters. The third-order valence-corrected chi connectivity index (χ3v) is 4.80. The monoisotopic (exact) mass is 362 g/mol. The number of nitrogens with zero attached hydrogens (tertiary/aromatic N) is 4. The van der Waals surface area contributed by atoms with Gasteiger partial charge in [-0.1, -0.05) is 47.7 Å². The number of amides is 1. The van der Waals surface area contributed by atoms with E-state index in [0.717, 1.165) is 16.9 Å². The summed E-state index contributed by atoms with van der Waals surface area (Å²) in [6, 6.07) is 18.3. The fraction of sp³-hybridized carbons (Fsp3) is 0.286. The van der Waals surface area contributed by atoms with Crippen LogP contribution in [0.4, 0.5) is 0 Å². The second-order valence-electron chi connectivity index (χ2n) is 6.76. The number of carbonyl (C=O) groups is 1. The molecule has 1 aromatic heterocycles. The molecule has 0 spiro atoms. The van der Waals surface area contributed by atoms with Crippen molar-refractivity contribution in [3.8, 4) is 5.75 Å². The van der Waals surface area contributed by atoms with E-state index < -0.39 is 0 Å². The number of carbonyl (C=O) groups excluding carboxylic acids is 1. The van der Waals surface area contributed by atoms with Crippen LogP contribution in [0.1, 0.15) is 23.6 Å². The lowest BCUT2D eigenvalue weighted by Gasteiger charge is -2.38. The van der Waals surface area contributed by atoms with Gasteiger partial charge in [-0.2, -0.15) is 0 Å². The Balaban J connectivity index is 1.24. The van der Waals surface area contributed by atoms with E-state index in [0.29, 0.717) is 32.5 Å². The zero-order valence-corrected chi connectivity index (χ0v) is 15.1. The summed E-state index contributed by atoms with van der Waals surface area (Å²) in [5, 5.41) is 7.80. The maximum absolute atomic E-state index is 12.4. The second kappa shape index (κ2) is 8.03. The number of likely N-dealkylation sites (tertiary alicyclic amines) is 1. The van der Waals surface area contributed by atoms with Crippen LogP contribution in [0.2, 0.25) is 0 Å². The molecule has 6 heteroatoms. The number of benzene rings is 2. The van der Waals surface area contributed by atoms with Crippen LogP contribution in [0.15, 0.2) is 67.0 Å². The minimum absolute atomic E-state index is 0.182. The third-order valence-electron chi connectivity index (χ3n) is 4.80. The van der Waals surface area contributed by atoms with Gasteiger partial charge < -0.3 is 9.64 Å². The number of ether oxygens (including phenoxy) is 1. The van der Waals surface area contributed by atoms with Crippen LogP contribution in [0, 0.1) is 0 Å². The average Bonchev–Trinajstić information content (AvgIpc) is 3.19. The van der Waals surface area contributed by atoms with E-state index in [4.69, 9.17) is 4.74 Å². The minimum atomic E-state index is 0.182. The van der Waals surface area contributed by atoms with E-state index in [-0.39, 0.29) is 11.9 Å². The fourth-order valence-electron chi connectivity index (χ4n) is 3.18. The Hall–Kier alpha value is -3.15. The Morgan fingerprint density at radius 3 is 2.67 bits per heavy atom. The number of hydrogen-bond donors (Lipinski definition) is 0. The Labute approximate surface area is 158 Å². The predicted molar refractivity (Wildman–Crippen MR) is 101 cm³/mol. The lowest BCUT2D eigenvalue weighted by atomic mass is 10.1. The second-order valence-corrected chi connectivity index (χ2v) is 6.76. The highest BCUT2D eigenvalue weighted by Gasteiger charge is 2.31. The van der Waals surface area contributed by atoms with E-state index in [1.807, 2.05) is 70.4 Å². The van der Waals surface area contributed by atoms with Crippen molar-refractivity contribution in [2.45, 2.75) is 25.5 Å². The van der Waals surface area contributed by atoms with Crippen molar-refractivity contribution in [2.24, 2.45) is 0 Å². The van der Waals surface area contributed by atoms with Gasteiger partial charge in [0.15, 0.2) is 0 Å². The van der Waals surface area contributed by atoms with Gasteiger partial charge >= 0.3 is 0 Å². The van der Waals surface area contributed by atoms with Gasteiger partial charge in [-0.05, 0) is 29.7 Å². The molecule has 27 heavy (non-hydrogen) atoms. The van der Waals surface area contributed by atoms with Crippen molar-refractivity contribution in [1.82, 2.24) is 19.9 Å². The topological polar surface area (TPSA) is 60.2 Å². The van der Waals surface area contributed by atoms with Crippen molar-refractivity contribution < 1.29 is 9.53 Å². The number of aryl methyl sites for hydroxylation is 1. The number of aromatic nitrogens is 3. The zero-order valence-electron chi connectivity index (χ0n) is 15.1. The molecule has 0 radical (unpaired) electrons. The average molecular weight is 362 g/mol. The Morgan fingerprint density at radius 2 is 1.89 bits per heavy atom. The highest BCUT2D eigenvalue weighted by Crippen LogP contribution is 2.22. The smallest absolute Gasteiger partial charge is 0.223 e. The lowest BCUT2D eigenvalue weighted by Crippen LogP contribution is -2.50. The predicted octanol–water partition coefficient (Wildman–Crippen LogP) is 2.87. The molecule has 4 rings (SSSR count). The van der Waals surface area contributed by atoms with Gasteiger partial charge in [0.05, 0.1) is 12.2 Å². The summed E-state index contributed by atoms with van der Waals surface area (Å²) in [6.45, 7) is 1.96. The summed E-state index contributed by atoms with van der Waals surface area (Å²) < 4.78 is 7.68. The first-order valence-electron chi connectivity index (χ1n) is 9.17. The van der Waals surface area contributed by atoms with Crippen molar-refractivity contribution in [3.05, 3.63) is 78.1 Å². The van der Waals surface area contributed by atoms with E-state index in [9.17, 15) is 4.79 Å². The first-order valence-corrected chi connectivity index (χ1v) is 9.17. The van der Waals surface area contributed by atoms with Gasteiger partial charge in [-0.3, -0.25) is 4.79 Å². The molecule has 2 heterocycles. The Morgan fingerprint density at radius 1 is 1.07 bits per heavy atom. The molecule has 0 unspecified atom stereocenters. The summed E-state index contributed by atoms with van der Waals surface area (Å²) in [7, 11) is 0. The summed E-state index contributed by atoms with van der Waals surface area (Å²) in [6.07, 6.45) is 4.73. The van der Waals surface area contributed by atoms with Gasteiger partial charge in [0.25, 0.3) is 0 Å². The molecule has 0 N–H and O–H groups in total. The third kappa shape index (κ3) is 4.34. The van der Waals surface area contributed by atoms with Crippen LogP contribution in [0.5, 0.6) is 5.75 Å². The van der Waals surface area contributed by atoms with Gasteiger partial charge in [0.2, 0.25) is 5.91 Å². The SMILES string of the molecule is O=C(CCc1cccc(OCc2ccccc2)c1)N1CC(n2ccnn2)C1. The van der Waals surface area contributed by atoms with E-state index >= 15 is 0 Å². The van der Waals surface area contributed by atoms with E-state index in [1.165, 1.54) is 0 Å². The molecular formula is C21H22N4O2. The maximum Gasteiger partial charge on any atom is 0.223 e. The normalized spacial score (nSPS) is 14.0. The Kier molecular flexibility index (Phi) is 5.14. The van der Waals surface area contributed by atoms with Crippen LogP contribution >= 0.6 is 0 Å². The lowest BCUT2D eigenvalue weighted by molar-refractivity contribution is -0.137. The standard InChI is InChI=1S/C21H22N4O2/c26-21(24-14-19(15-24)25-12-11-22-23-25)10-9-17-7-4-8-20(13-17)27-16-18-5-2-1-3-6-18/h1-8,11-13,19H,9-10,14-16H2. The minimum Gasteiger partial charge on any atom is -0.489 e. The molecule has 6 nitrogen and oxygen atoms in total. The zero-order chi connectivity index (χ0) is 18.5. The van der Waals surface area contributed by atoms with Crippen LogP contribution in [-0.2, 0) is 17.8 Å². The van der Waals surface area contributed by atoms with Crippen LogP contribution in [-0.4, -0.2) is 38.9 Å². The van der Waals surface area contributed by atoms with Gasteiger partial charge in [0.1, 0.15) is 12.4 Å². The van der Waals surface area contributed by atoms with Gasteiger partial charge in [-0.25, -0.2) is 4.68 Å². The summed E-state index contributed by atoms with van der Waals surface area (Å²) in [5.41, 5.74) is 2.25. The van der Waals surface area contributed by atoms with Crippen molar-refractivity contribution in [2.75, 3.05) is 13.1 Å².